The molecule has 0 aliphatic rings. The Morgan fingerprint density at radius 2 is 1.57 bits per heavy atom. The van der Waals surface area contributed by atoms with E-state index < -0.39 is 0 Å². The Bertz CT molecular complexity index is 779. The van der Waals surface area contributed by atoms with Gasteiger partial charge in [-0.25, -0.2) is 0 Å². The topological polar surface area (TPSA) is 66.8 Å². The molecule has 0 fully saturated rings. The molecule has 23 heavy (non-hydrogen) atoms. The van der Waals surface area contributed by atoms with Gasteiger partial charge in [0.25, 0.3) is 0 Å². The fourth-order valence-corrected chi connectivity index (χ4v) is 2.23. The summed E-state index contributed by atoms with van der Waals surface area (Å²) in [5.74, 6) is 0.369. The molecule has 0 amide bonds. The summed E-state index contributed by atoms with van der Waals surface area (Å²) in [5, 5.41) is 18.9. The van der Waals surface area contributed by atoms with Gasteiger partial charge in [0.1, 0.15) is 5.75 Å². The quantitative estimate of drug-likeness (QED) is 0.770. The number of hydrogen-bond acceptors (Lipinski definition) is 4. The number of carbonyl (C=O) groups is 1. The van der Waals surface area contributed by atoms with Gasteiger partial charge in [-0.1, -0.05) is 24.3 Å². The molecule has 2 rings (SSSR count). The Balaban J connectivity index is 2.06. The summed E-state index contributed by atoms with van der Waals surface area (Å²) in [6, 6.07) is 9.80. The lowest BCUT2D eigenvalue weighted by Crippen LogP contribution is -1.87. The molecule has 2 aromatic carbocycles. The number of halogens is 1. The van der Waals surface area contributed by atoms with Crippen LogP contribution in [-0.2, 0) is 4.79 Å². The molecule has 0 atom stereocenters. The molecule has 0 unspecified atom stereocenters. The van der Waals surface area contributed by atoms with E-state index in [-0.39, 0.29) is 17.3 Å². The van der Waals surface area contributed by atoms with E-state index in [1.165, 1.54) is 25.3 Å². The summed E-state index contributed by atoms with van der Waals surface area (Å²) in [5.41, 5.74) is 1.54. The second-order valence-corrected chi connectivity index (χ2v) is 5.57. The van der Waals surface area contributed by atoms with Gasteiger partial charge in [0.05, 0.1) is 11.6 Å². The number of ether oxygens (including phenoxy) is 1. The molecular weight excluding hydrogens is 360 g/mol. The van der Waals surface area contributed by atoms with Gasteiger partial charge in [0, 0.05) is 0 Å². The molecule has 0 aliphatic heterocycles. The predicted octanol–water partition coefficient (Wildman–Crippen LogP) is 4.16. The Kier molecular flexibility index (Phi) is 5.60. The van der Waals surface area contributed by atoms with Crippen LogP contribution in [0.1, 0.15) is 11.1 Å². The Morgan fingerprint density at radius 3 is 2.13 bits per heavy atom. The molecule has 0 radical (unpaired) electrons. The maximum Gasteiger partial charge on any atom is 0.178 e. The number of rotatable bonds is 5. The van der Waals surface area contributed by atoms with Crippen molar-refractivity contribution in [2.45, 2.75) is 0 Å². The Morgan fingerprint density at radius 1 is 1.00 bits per heavy atom. The molecule has 0 saturated heterocycles. The minimum atomic E-state index is -0.179. The van der Waals surface area contributed by atoms with Crippen molar-refractivity contribution < 1.29 is 19.7 Å². The number of ketones is 1. The summed E-state index contributed by atoms with van der Waals surface area (Å²) >= 11 is 3.22. The van der Waals surface area contributed by atoms with Crippen LogP contribution in [0, 0.1) is 0 Å². The maximum absolute atomic E-state index is 11.8. The molecule has 0 aliphatic carbocycles. The number of methoxy groups -OCH3 is 1. The molecule has 0 heterocycles. The second-order valence-electron chi connectivity index (χ2n) is 4.71. The summed E-state index contributed by atoms with van der Waals surface area (Å²) < 4.78 is 5.58. The third kappa shape index (κ3) is 4.72. The first kappa shape index (κ1) is 16.8. The smallest absolute Gasteiger partial charge is 0.178 e. The molecule has 4 nitrogen and oxygen atoms in total. The first-order valence-corrected chi connectivity index (χ1v) is 7.54. The summed E-state index contributed by atoms with van der Waals surface area (Å²) in [7, 11) is 1.46. The number of allylic oxidation sites excluding steroid dienone is 2. The van der Waals surface area contributed by atoms with Crippen molar-refractivity contribution >= 4 is 33.9 Å². The lowest BCUT2D eigenvalue weighted by atomic mass is 10.1. The van der Waals surface area contributed by atoms with E-state index in [1.807, 2.05) is 0 Å². The average molecular weight is 375 g/mol. The van der Waals surface area contributed by atoms with Crippen molar-refractivity contribution in [3.8, 4) is 17.2 Å². The Labute approximate surface area is 142 Å². The number of carbonyl (C=O) groups excluding carboxylic acids is 1. The highest BCUT2D eigenvalue weighted by Crippen LogP contribution is 2.27. The largest absolute Gasteiger partial charge is 0.507 e. The molecule has 2 N–H and O–H groups in total. The minimum absolute atomic E-state index is 0.0498. The van der Waals surface area contributed by atoms with Crippen molar-refractivity contribution in [2.24, 2.45) is 0 Å². The Hall–Kier alpha value is -2.53. The van der Waals surface area contributed by atoms with E-state index in [2.05, 4.69) is 15.9 Å². The highest BCUT2D eigenvalue weighted by Gasteiger charge is 2.01. The normalized spacial score (nSPS) is 11.2. The van der Waals surface area contributed by atoms with Gasteiger partial charge in [-0.15, -0.1) is 0 Å². The van der Waals surface area contributed by atoms with Crippen molar-refractivity contribution in [3.63, 3.8) is 0 Å². The summed E-state index contributed by atoms with van der Waals surface area (Å²) in [4.78, 5) is 11.8. The van der Waals surface area contributed by atoms with Gasteiger partial charge in [0.2, 0.25) is 0 Å². The first-order chi connectivity index (χ1) is 11.0. The highest BCUT2D eigenvalue weighted by molar-refractivity contribution is 9.10. The molecule has 118 valence electrons. The van der Waals surface area contributed by atoms with Gasteiger partial charge in [-0.2, -0.15) is 0 Å². The van der Waals surface area contributed by atoms with Crippen molar-refractivity contribution in [1.82, 2.24) is 0 Å². The lowest BCUT2D eigenvalue weighted by molar-refractivity contribution is -0.110. The predicted molar refractivity (Wildman–Crippen MR) is 93.5 cm³/mol. The van der Waals surface area contributed by atoms with E-state index in [0.717, 1.165) is 11.1 Å². The highest BCUT2D eigenvalue weighted by atomic mass is 79.9. The van der Waals surface area contributed by atoms with Crippen LogP contribution in [0.5, 0.6) is 17.2 Å². The first-order valence-electron chi connectivity index (χ1n) is 6.75. The van der Waals surface area contributed by atoms with Crippen LogP contribution in [-0.4, -0.2) is 23.1 Å². The van der Waals surface area contributed by atoms with E-state index >= 15 is 0 Å². The SMILES string of the molecule is COc1cc(/C=C/C(=O)/C=C/c2ccc(O)c(Br)c2)ccc1O. The third-order valence-electron chi connectivity index (χ3n) is 3.06. The molecule has 5 heteroatoms. The van der Waals surface area contributed by atoms with Crippen LogP contribution in [0.2, 0.25) is 0 Å². The van der Waals surface area contributed by atoms with E-state index in [9.17, 15) is 15.0 Å². The zero-order chi connectivity index (χ0) is 16.8. The number of phenols is 2. The molecular formula is C18H15BrO4. The third-order valence-corrected chi connectivity index (χ3v) is 3.69. The molecule has 0 saturated carbocycles. The lowest BCUT2D eigenvalue weighted by Gasteiger charge is -2.03. The van der Waals surface area contributed by atoms with Crippen LogP contribution in [0.15, 0.2) is 53.0 Å². The monoisotopic (exact) mass is 374 g/mol. The van der Waals surface area contributed by atoms with E-state index in [1.54, 1.807) is 42.5 Å². The van der Waals surface area contributed by atoms with Gasteiger partial charge < -0.3 is 14.9 Å². The van der Waals surface area contributed by atoms with Crippen molar-refractivity contribution in [3.05, 3.63) is 64.1 Å². The van der Waals surface area contributed by atoms with Gasteiger partial charge >= 0.3 is 0 Å². The van der Waals surface area contributed by atoms with Crippen LogP contribution < -0.4 is 4.74 Å². The van der Waals surface area contributed by atoms with Crippen LogP contribution in [0.25, 0.3) is 12.2 Å². The zero-order valence-corrected chi connectivity index (χ0v) is 13.9. The molecule has 0 bridgehead atoms. The second kappa shape index (κ2) is 7.65. The molecule has 0 spiro atoms. The summed E-state index contributed by atoms with van der Waals surface area (Å²) in [6.45, 7) is 0. The van der Waals surface area contributed by atoms with Crippen LogP contribution in [0.3, 0.4) is 0 Å². The summed E-state index contributed by atoms with van der Waals surface area (Å²) in [6.07, 6.45) is 6.17. The van der Waals surface area contributed by atoms with Crippen LogP contribution >= 0.6 is 15.9 Å². The zero-order valence-electron chi connectivity index (χ0n) is 12.4. The average Bonchev–Trinajstić information content (AvgIpc) is 2.55. The van der Waals surface area contributed by atoms with Crippen LogP contribution in [0.4, 0.5) is 0 Å². The number of aromatic hydroxyl groups is 2. The van der Waals surface area contributed by atoms with E-state index in [0.29, 0.717) is 10.2 Å². The van der Waals surface area contributed by atoms with Crippen molar-refractivity contribution in [2.75, 3.05) is 7.11 Å². The van der Waals surface area contributed by atoms with Gasteiger partial charge in [0.15, 0.2) is 17.3 Å². The fourth-order valence-electron chi connectivity index (χ4n) is 1.84. The maximum atomic E-state index is 11.8. The number of phenolic OH excluding ortho intramolecular Hbond substituents is 2. The number of hydrogen-bond donors (Lipinski definition) is 2. The van der Waals surface area contributed by atoms with E-state index in [4.69, 9.17) is 4.74 Å². The minimum Gasteiger partial charge on any atom is -0.507 e. The fraction of sp³-hybridized carbons (Fsp3) is 0.0556. The standard InChI is InChI=1S/C18H15BrO4/c1-23-18-11-13(5-9-17(18)22)3-7-14(20)6-2-12-4-8-16(21)15(19)10-12/h2-11,21-22H,1H3/b6-2+,7-3+. The van der Waals surface area contributed by atoms with Crippen molar-refractivity contribution in [1.29, 1.82) is 0 Å². The molecule has 2 aromatic rings. The number of benzene rings is 2. The molecule has 0 aromatic heterocycles. The van der Waals surface area contributed by atoms with Gasteiger partial charge in [-0.05, 0) is 63.5 Å². The van der Waals surface area contributed by atoms with Gasteiger partial charge in [-0.3, -0.25) is 4.79 Å².